The van der Waals surface area contributed by atoms with E-state index in [0.717, 1.165) is 31.9 Å². The van der Waals surface area contributed by atoms with Crippen LogP contribution in [-0.4, -0.2) is 33.6 Å². The van der Waals surface area contributed by atoms with Crippen molar-refractivity contribution in [2.75, 3.05) is 6.61 Å². The highest BCUT2D eigenvalue weighted by Crippen LogP contribution is 2.53. The Balaban J connectivity index is 1.71. The number of carbonyl (C=O) groups is 1. The lowest BCUT2D eigenvalue weighted by atomic mass is 9.91. The molecule has 0 aromatic heterocycles. The normalized spacial score (nSPS) is 16.6. The maximum atomic E-state index is 13.5. The number of amides is 1. The van der Waals surface area contributed by atoms with Crippen LogP contribution in [0.3, 0.4) is 0 Å². The second-order valence-electron chi connectivity index (χ2n) is 8.15. The lowest BCUT2D eigenvalue weighted by Gasteiger charge is -2.37. The third-order valence-corrected chi connectivity index (χ3v) is 6.83. The average Bonchev–Trinajstić information content (AvgIpc) is 3.60. The smallest absolute Gasteiger partial charge is 0.354 e. The number of halogens is 6. The first-order valence-electron chi connectivity index (χ1n) is 10.7. The molecule has 1 amide bonds. The van der Waals surface area contributed by atoms with E-state index in [2.05, 4.69) is 10.1 Å². The van der Waals surface area contributed by atoms with Crippen LogP contribution in [0, 0.1) is 5.92 Å². The summed E-state index contributed by atoms with van der Waals surface area (Å²) in [5.74, 6) is -0.542. The molecule has 0 bridgehead atoms. The molecule has 2 unspecified atom stereocenters. The minimum Gasteiger partial charge on any atom is -0.354 e. The van der Waals surface area contributed by atoms with Crippen molar-refractivity contribution < 1.29 is 44.6 Å². The van der Waals surface area contributed by atoms with E-state index >= 15 is 0 Å². The average molecular weight is 523 g/mol. The van der Waals surface area contributed by atoms with Crippen LogP contribution < -0.4 is 5.32 Å². The van der Waals surface area contributed by atoms with E-state index in [9.17, 15) is 39.9 Å². The highest BCUT2D eigenvalue weighted by atomic mass is 32.2. The molecule has 2 atom stereocenters. The van der Waals surface area contributed by atoms with Crippen molar-refractivity contribution in [3.63, 3.8) is 0 Å². The highest BCUT2D eigenvalue weighted by Gasteiger charge is 2.73. The molecule has 0 spiro atoms. The fourth-order valence-electron chi connectivity index (χ4n) is 3.87. The molecule has 0 radical (unpaired) electrons. The van der Waals surface area contributed by atoms with E-state index in [1.165, 1.54) is 0 Å². The minimum atomic E-state index is -5.78. The van der Waals surface area contributed by atoms with Gasteiger partial charge in [-0.05, 0) is 48.9 Å². The molecule has 5 nitrogen and oxygen atoms in total. The van der Waals surface area contributed by atoms with Gasteiger partial charge in [0.1, 0.15) is 0 Å². The van der Waals surface area contributed by atoms with Gasteiger partial charge in [-0.15, -0.1) is 0 Å². The number of benzene rings is 2. The molecule has 0 saturated heterocycles. The van der Waals surface area contributed by atoms with Gasteiger partial charge < -0.3 is 14.6 Å². The molecule has 2 aromatic carbocycles. The van der Waals surface area contributed by atoms with Crippen molar-refractivity contribution in [3.05, 3.63) is 70.8 Å². The fraction of sp³-hybridized carbons (Fsp3) is 0.435. The Morgan fingerprint density at radius 3 is 2.00 bits per heavy atom. The summed E-state index contributed by atoms with van der Waals surface area (Å²) >= 11 is -2.01. The van der Waals surface area contributed by atoms with E-state index < -0.39 is 52.4 Å². The summed E-state index contributed by atoms with van der Waals surface area (Å²) < 4.78 is 106. The lowest BCUT2D eigenvalue weighted by molar-refractivity contribution is -0.388. The summed E-state index contributed by atoms with van der Waals surface area (Å²) in [7, 11) is 0. The molecular weight excluding hydrogens is 500 g/mol. The third kappa shape index (κ3) is 5.70. The fourth-order valence-corrected chi connectivity index (χ4v) is 4.86. The second-order valence-corrected chi connectivity index (χ2v) is 9.21. The van der Waals surface area contributed by atoms with Crippen LogP contribution in [0.1, 0.15) is 52.1 Å². The molecule has 0 heterocycles. The van der Waals surface area contributed by atoms with Gasteiger partial charge in [0.25, 0.3) is 11.5 Å². The maximum Gasteiger partial charge on any atom is 0.430 e. The number of hydrogen-bond acceptors (Lipinski definition) is 3. The molecular formula is C23H23F6NO4S. The van der Waals surface area contributed by atoms with Gasteiger partial charge in [-0.3, -0.25) is 4.79 Å². The van der Waals surface area contributed by atoms with Crippen molar-refractivity contribution in [1.29, 1.82) is 0 Å². The molecule has 1 fully saturated rings. The number of nitrogens with one attached hydrogen (secondary N) is 1. The van der Waals surface area contributed by atoms with Crippen LogP contribution in [0.25, 0.3) is 0 Å². The predicted octanol–water partition coefficient (Wildman–Crippen LogP) is 5.65. The summed E-state index contributed by atoms with van der Waals surface area (Å²) in [5.41, 5.74) is -4.47. The quantitative estimate of drug-likeness (QED) is 0.329. The number of hydrogen-bond donors (Lipinski definition) is 2. The number of ether oxygens (including phenoxy) is 1. The van der Waals surface area contributed by atoms with E-state index in [4.69, 9.17) is 0 Å². The zero-order valence-corrected chi connectivity index (χ0v) is 19.3. The van der Waals surface area contributed by atoms with Gasteiger partial charge in [0.2, 0.25) is 0 Å². The first kappa shape index (κ1) is 27.2. The Bertz CT molecular complexity index is 1040. The summed E-state index contributed by atoms with van der Waals surface area (Å²) in [6, 6.07) is 9.62. The molecule has 35 heavy (non-hydrogen) atoms. The van der Waals surface area contributed by atoms with Crippen molar-refractivity contribution in [3.8, 4) is 0 Å². The first-order chi connectivity index (χ1) is 16.3. The molecule has 3 rings (SSSR count). The van der Waals surface area contributed by atoms with Crippen molar-refractivity contribution >= 4 is 17.0 Å². The van der Waals surface area contributed by atoms with Gasteiger partial charge in [-0.25, -0.2) is 4.21 Å². The summed E-state index contributed by atoms with van der Waals surface area (Å²) in [5, 5.41) is 2.06. The minimum absolute atomic E-state index is 0.0329. The van der Waals surface area contributed by atoms with Crippen LogP contribution >= 0.6 is 0 Å². The van der Waals surface area contributed by atoms with Crippen LogP contribution in [-0.2, 0) is 28.0 Å². The third-order valence-electron chi connectivity index (χ3n) is 5.74. The van der Waals surface area contributed by atoms with Crippen LogP contribution in [0.2, 0.25) is 0 Å². The molecule has 1 aliphatic rings. The molecule has 192 valence electrons. The Labute approximate surface area is 200 Å². The predicted molar refractivity (Wildman–Crippen MR) is 116 cm³/mol. The molecule has 1 aliphatic carbocycles. The molecule has 2 N–H and O–H groups in total. The van der Waals surface area contributed by atoms with Gasteiger partial charge >= 0.3 is 12.4 Å². The van der Waals surface area contributed by atoms with Gasteiger partial charge in [0.05, 0.1) is 5.25 Å². The largest absolute Gasteiger partial charge is 0.430 e. The molecule has 2 aromatic rings. The standard InChI is InChI=1S/C23H23F6NO4S/c1-2-34-21(22(24,25)26,23(27,28)29)18-11-9-17(10-12-18)20(31)30-13-14-3-5-15(6-4-14)19(35(32)33)16-7-8-16/h3-6,9-12,16,19H,2,7-8,13H2,1H3,(H,30,31)(H,32,33). The molecule has 1 saturated carbocycles. The monoisotopic (exact) mass is 523 g/mol. The zero-order valence-electron chi connectivity index (χ0n) is 18.4. The van der Waals surface area contributed by atoms with E-state index in [1.807, 2.05) is 0 Å². The number of alkyl halides is 6. The van der Waals surface area contributed by atoms with Gasteiger partial charge in [-0.1, -0.05) is 36.4 Å². The Hall–Kier alpha value is -2.44. The SMILES string of the molecule is CCOC(c1ccc(C(=O)NCc2ccc(C(C3CC3)S(=O)O)cc2)cc1)(C(F)(F)F)C(F)(F)F. The van der Waals surface area contributed by atoms with Crippen LogP contribution in [0.5, 0.6) is 0 Å². The number of carbonyl (C=O) groups excluding carboxylic acids is 1. The lowest BCUT2D eigenvalue weighted by Crippen LogP contribution is -2.56. The van der Waals surface area contributed by atoms with Crippen molar-refractivity contribution in [2.45, 2.75) is 49.5 Å². The van der Waals surface area contributed by atoms with Gasteiger partial charge in [0.15, 0.2) is 11.1 Å². The topological polar surface area (TPSA) is 75.6 Å². The highest BCUT2D eigenvalue weighted by molar-refractivity contribution is 7.79. The maximum absolute atomic E-state index is 13.5. The Kier molecular flexibility index (Phi) is 7.97. The summed E-state index contributed by atoms with van der Waals surface area (Å²) in [6.07, 6.45) is -9.80. The molecule has 12 heteroatoms. The second kappa shape index (κ2) is 10.3. The van der Waals surface area contributed by atoms with Crippen molar-refractivity contribution in [2.24, 2.45) is 5.92 Å². The van der Waals surface area contributed by atoms with E-state index in [-0.39, 0.29) is 18.0 Å². The van der Waals surface area contributed by atoms with E-state index in [0.29, 0.717) is 23.3 Å². The van der Waals surface area contributed by atoms with Crippen LogP contribution in [0.15, 0.2) is 48.5 Å². The summed E-state index contributed by atoms with van der Waals surface area (Å²) in [4.78, 5) is 12.4. The van der Waals surface area contributed by atoms with Gasteiger partial charge in [-0.2, -0.15) is 26.3 Å². The Morgan fingerprint density at radius 1 is 1.03 bits per heavy atom. The van der Waals surface area contributed by atoms with E-state index in [1.54, 1.807) is 24.3 Å². The van der Waals surface area contributed by atoms with Crippen LogP contribution in [0.4, 0.5) is 26.3 Å². The van der Waals surface area contributed by atoms with Crippen molar-refractivity contribution in [1.82, 2.24) is 5.32 Å². The zero-order chi connectivity index (χ0) is 26.0. The molecule has 0 aliphatic heterocycles. The number of rotatable bonds is 9. The Morgan fingerprint density at radius 2 is 1.57 bits per heavy atom. The summed E-state index contributed by atoms with van der Waals surface area (Å²) in [6.45, 7) is 0.219. The van der Waals surface area contributed by atoms with Gasteiger partial charge in [0, 0.05) is 24.3 Å². The first-order valence-corrected chi connectivity index (χ1v) is 11.8.